The van der Waals surface area contributed by atoms with Crippen molar-refractivity contribution < 1.29 is 21.6 Å². The molecule has 8 nitrogen and oxygen atoms in total. The van der Waals surface area contributed by atoms with Crippen LogP contribution in [0.4, 0.5) is 17.1 Å². The van der Waals surface area contributed by atoms with E-state index in [4.69, 9.17) is 23.2 Å². The summed E-state index contributed by atoms with van der Waals surface area (Å²) < 4.78 is 56.0. The first-order valence-electron chi connectivity index (χ1n) is 11.5. The largest absolute Gasteiger partial charge is 0.325 e. The van der Waals surface area contributed by atoms with E-state index >= 15 is 0 Å². The van der Waals surface area contributed by atoms with Gasteiger partial charge in [0, 0.05) is 10.7 Å². The van der Waals surface area contributed by atoms with Gasteiger partial charge in [-0.05, 0) is 73.2 Å². The maximum Gasteiger partial charge on any atom is 0.264 e. The van der Waals surface area contributed by atoms with Gasteiger partial charge in [-0.25, -0.2) is 16.8 Å². The Bertz CT molecular complexity index is 1710. The zero-order chi connectivity index (χ0) is 28.2. The molecule has 4 rings (SSSR count). The standard InChI is InChI=1S/C27H23Cl2N3O5S2/c1-19-23(28)11-7-12-25(19)31-38(34,35)21-16-14-20(15-17-21)30-27(33)18-32(26-13-6-5-10-24(26)29)39(36,37)22-8-3-2-4-9-22/h2-17,31H,18H2,1H3,(H,30,33). The summed E-state index contributed by atoms with van der Waals surface area (Å²) in [5, 5.41) is 3.19. The minimum Gasteiger partial charge on any atom is -0.325 e. The van der Waals surface area contributed by atoms with Crippen LogP contribution in [0, 0.1) is 6.92 Å². The molecule has 12 heteroatoms. The number of amides is 1. The minimum absolute atomic E-state index is 0.00489. The maximum absolute atomic E-state index is 13.4. The van der Waals surface area contributed by atoms with Crippen LogP contribution in [0.2, 0.25) is 10.0 Å². The van der Waals surface area contributed by atoms with Gasteiger partial charge in [-0.15, -0.1) is 0 Å². The van der Waals surface area contributed by atoms with E-state index in [1.165, 1.54) is 48.5 Å². The molecule has 0 aromatic heterocycles. The second-order valence-corrected chi connectivity index (χ2v) is 12.7. The van der Waals surface area contributed by atoms with E-state index < -0.39 is 32.5 Å². The summed E-state index contributed by atoms with van der Waals surface area (Å²) in [7, 11) is -8.07. The molecule has 0 saturated heterocycles. The third kappa shape index (κ3) is 6.54. The van der Waals surface area contributed by atoms with Gasteiger partial charge >= 0.3 is 0 Å². The van der Waals surface area contributed by atoms with Crippen LogP contribution in [-0.2, 0) is 24.8 Å². The maximum atomic E-state index is 13.4. The van der Waals surface area contributed by atoms with Gasteiger partial charge in [-0.1, -0.05) is 59.6 Å². The quantitative estimate of drug-likeness (QED) is 0.246. The van der Waals surface area contributed by atoms with Crippen molar-refractivity contribution in [3.63, 3.8) is 0 Å². The minimum atomic E-state index is -4.14. The summed E-state index contributed by atoms with van der Waals surface area (Å²) in [5.74, 6) is -0.655. The summed E-state index contributed by atoms with van der Waals surface area (Å²) in [4.78, 5) is 12.9. The van der Waals surface area contributed by atoms with Crippen molar-refractivity contribution in [2.24, 2.45) is 0 Å². The smallest absolute Gasteiger partial charge is 0.264 e. The lowest BCUT2D eigenvalue weighted by Gasteiger charge is -2.25. The highest BCUT2D eigenvalue weighted by Crippen LogP contribution is 2.30. The van der Waals surface area contributed by atoms with E-state index in [1.807, 2.05) is 0 Å². The van der Waals surface area contributed by atoms with Crippen molar-refractivity contribution >= 4 is 66.2 Å². The van der Waals surface area contributed by atoms with E-state index in [-0.39, 0.29) is 26.2 Å². The van der Waals surface area contributed by atoms with Gasteiger partial charge in [0.2, 0.25) is 5.91 Å². The van der Waals surface area contributed by atoms with Gasteiger partial charge in [-0.2, -0.15) is 0 Å². The molecule has 0 spiro atoms. The van der Waals surface area contributed by atoms with Gasteiger partial charge in [0.05, 0.1) is 26.2 Å². The van der Waals surface area contributed by atoms with Crippen LogP contribution in [0.5, 0.6) is 0 Å². The zero-order valence-corrected chi connectivity index (χ0v) is 23.7. The van der Waals surface area contributed by atoms with E-state index in [9.17, 15) is 21.6 Å². The van der Waals surface area contributed by atoms with Crippen LogP contribution in [0.25, 0.3) is 0 Å². The predicted molar refractivity (Wildman–Crippen MR) is 154 cm³/mol. The van der Waals surface area contributed by atoms with Gasteiger partial charge in [0.1, 0.15) is 6.54 Å². The molecule has 4 aromatic rings. The summed E-state index contributed by atoms with van der Waals surface area (Å²) in [5.41, 5.74) is 1.34. The molecule has 0 unspecified atom stereocenters. The van der Waals surface area contributed by atoms with Crippen LogP contribution in [0.3, 0.4) is 0 Å². The monoisotopic (exact) mass is 603 g/mol. The molecular formula is C27H23Cl2N3O5S2. The van der Waals surface area contributed by atoms with Crippen LogP contribution in [-0.4, -0.2) is 29.3 Å². The number of nitrogens with zero attached hydrogens (tertiary/aromatic N) is 1. The molecule has 1 amide bonds. The molecule has 0 atom stereocenters. The number of hydrogen-bond donors (Lipinski definition) is 2. The first-order chi connectivity index (χ1) is 18.5. The van der Waals surface area contributed by atoms with Crippen molar-refractivity contribution in [3.05, 3.63) is 113 Å². The number of halogens is 2. The van der Waals surface area contributed by atoms with Gasteiger partial charge in [-0.3, -0.25) is 13.8 Å². The van der Waals surface area contributed by atoms with E-state index in [1.54, 1.807) is 55.5 Å². The van der Waals surface area contributed by atoms with Crippen LogP contribution < -0.4 is 14.3 Å². The Morgan fingerprint density at radius 2 is 1.36 bits per heavy atom. The summed E-state index contributed by atoms with van der Waals surface area (Å²) >= 11 is 12.4. The van der Waals surface area contributed by atoms with Crippen molar-refractivity contribution in [1.82, 2.24) is 0 Å². The van der Waals surface area contributed by atoms with Gasteiger partial charge < -0.3 is 5.32 Å². The van der Waals surface area contributed by atoms with Crippen molar-refractivity contribution in [2.75, 3.05) is 20.9 Å². The molecule has 0 aliphatic heterocycles. The lowest BCUT2D eigenvalue weighted by atomic mass is 10.2. The molecular weight excluding hydrogens is 581 g/mol. The Labute approximate surface area is 237 Å². The molecule has 2 N–H and O–H groups in total. The second kappa shape index (κ2) is 11.7. The van der Waals surface area contributed by atoms with Crippen molar-refractivity contribution in [3.8, 4) is 0 Å². The number of sulfonamides is 2. The van der Waals surface area contributed by atoms with Crippen LogP contribution in [0.1, 0.15) is 5.56 Å². The molecule has 0 aliphatic rings. The SMILES string of the molecule is Cc1c(Cl)cccc1NS(=O)(=O)c1ccc(NC(=O)CN(c2ccccc2Cl)S(=O)(=O)c2ccccc2)cc1. The molecule has 4 aromatic carbocycles. The number of rotatable bonds is 9. The Morgan fingerprint density at radius 1 is 0.744 bits per heavy atom. The summed E-state index contributed by atoms with van der Waals surface area (Å²) in [6.07, 6.45) is 0. The first kappa shape index (κ1) is 28.4. The average Bonchev–Trinajstić information content (AvgIpc) is 2.91. The average molecular weight is 605 g/mol. The fraction of sp³-hybridized carbons (Fsp3) is 0.0741. The number of carbonyl (C=O) groups excluding carboxylic acids is 1. The van der Waals surface area contributed by atoms with Crippen LogP contribution >= 0.6 is 23.2 Å². The normalized spacial score (nSPS) is 11.6. The Hall–Kier alpha value is -3.57. The number of benzene rings is 4. The summed E-state index contributed by atoms with van der Waals surface area (Å²) in [6, 6.07) is 24.3. The molecule has 0 bridgehead atoms. The van der Waals surface area contributed by atoms with Gasteiger partial charge in [0.15, 0.2) is 0 Å². The molecule has 0 radical (unpaired) electrons. The number of anilines is 3. The number of para-hydroxylation sites is 1. The summed E-state index contributed by atoms with van der Waals surface area (Å²) in [6.45, 7) is 1.12. The molecule has 0 aliphatic carbocycles. The van der Waals surface area contributed by atoms with Crippen molar-refractivity contribution in [1.29, 1.82) is 0 Å². The van der Waals surface area contributed by atoms with E-state index in [0.717, 1.165) is 4.31 Å². The third-order valence-corrected chi connectivity index (χ3v) is 9.58. The number of hydrogen-bond acceptors (Lipinski definition) is 5. The molecule has 39 heavy (non-hydrogen) atoms. The van der Waals surface area contributed by atoms with Gasteiger partial charge in [0.25, 0.3) is 20.0 Å². The highest BCUT2D eigenvalue weighted by Gasteiger charge is 2.28. The fourth-order valence-corrected chi connectivity index (χ4v) is 6.69. The lowest BCUT2D eigenvalue weighted by Crippen LogP contribution is -2.38. The molecule has 202 valence electrons. The molecule has 0 fully saturated rings. The Balaban J connectivity index is 1.54. The Kier molecular flexibility index (Phi) is 8.51. The highest BCUT2D eigenvalue weighted by atomic mass is 35.5. The van der Waals surface area contributed by atoms with Crippen molar-refractivity contribution in [2.45, 2.75) is 16.7 Å². The zero-order valence-electron chi connectivity index (χ0n) is 20.5. The molecule has 0 heterocycles. The lowest BCUT2D eigenvalue weighted by molar-refractivity contribution is -0.114. The van der Waals surface area contributed by atoms with E-state index in [0.29, 0.717) is 16.3 Å². The third-order valence-electron chi connectivity index (χ3n) is 5.70. The number of carbonyl (C=O) groups is 1. The highest BCUT2D eigenvalue weighted by molar-refractivity contribution is 7.93. The number of nitrogens with one attached hydrogen (secondary N) is 2. The predicted octanol–water partition coefficient (Wildman–Crippen LogP) is 5.94. The van der Waals surface area contributed by atoms with E-state index in [2.05, 4.69) is 10.0 Å². The second-order valence-electron chi connectivity index (χ2n) is 8.37. The first-order valence-corrected chi connectivity index (χ1v) is 15.2. The fourth-order valence-electron chi connectivity index (χ4n) is 3.64. The molecule has 0 saturated carbocycles. The topological polar surface area (TPSA) is 113 Å². The van der Waals surface area contributed by atoms with Crippen LogP contribution in [0.15, 0.2) is 107 Å². The Morgan fingerprint density at radius 3 is 2.03 bits per heavy atom.